The Morgan fingerprint density at radius 1 is 1.57 bits per heavy atom. The molecular formula is C2H9NO3Zr. The van der Waals surface area contributed by atoms with Gasteiger partial charge in [0.05, 0.1) is 0 Å². The van der Waals surface area contributed by atoms with Crippen LogP contribution in [0.4, 0.5) is 0 Å². The molecule has 0 aromatic carbocycles. The van der Waals surface area contributed by atoms with Crippen molar-refractivity contribution in [3.05, 3.63) is 0 Å². The number of hydrogen-bond donors (Lipinski definition) is 1. The fourth-order valence-corrected chi connectivity index (χ4v) is 0. The molecule has 0 aliphatic carbocycles. The van der Waals surface area contributed by atoms with Crippen LogP contribution in [0.25, 0.3) is 0 Å². The molecule has 0 bridgehead atoms. The zero-order chi connectivity index (χ0) is 3.58. The van der Waals surface area contributed by atoms with Crippen molar-refractivity contribution in [2.75, 3.05) is 0 Å². The number of carboxylic acids is 1. The summed E-state index contributed by atoms with van der Waals surface area (Å²) in [5, 5.41) is 8.89. The molecule has 0 heterocycles. The van der Waals surface area contributed by atoms with Crippen molar-refractivity contribution in [3.8, 4) is 0 Å². The van der Waals surface area contributed by atoms with Crippen LogP contribution in [0.15, 0.2) is 0 Å². The van der Waals surface area contributed by atoms with Gasteiger partial charge in [0.15, 0.2) is 0 Å². The molecule has 0 unspecified atom stereocenters. The number of carbonyl (C=O) groups excluding carboxylic acids is 1. The van der Waals surface area contributed by atoms with Gasteiger partial charge in [-0.05, 0) is 6.92 Å². The van der Waals surface area contributed by atoms with E-state index >= 15 is 0 Å². The summed E-state index contributed by atoms with van der Waals surface area (Å²) in [5.41, 5.74) is 0. The number of quaternary nitrogens is 1. The molecule has 0 fully saturated rings. The first-order chi connectivity index (χ1) is 1.73. The van der Waals surface area contributed by atoms with Crippen molar-refractivity contribution < 1.29 is 41.6 Å². The summed E-state index contributed by atoms with van der Waals surface area (Å²) < 4.78 is 0. The smallest absolute Gasteiger partial charge is 0.0383 e. The summed E-state index contributed by atoms with van der Waals surface area (Å²) in [6.45, 7) is 0.972. The minimum absolute atomic E-state index is 0. The van der Waals surface area contributed by atoms with E-state index in [9.17, 15) is 0 Å². The van der Waals surface area contributed by atoms with Gasteiger partial charge >= 0.3 is 0 Å². The molecule has 0 atom stereocenters. The summed E-state index contributed by atoms with van der Waals surface area (Å²) in [6.07, 6.45) is 0. The third-order valence-corrected chi connectivity index (χ3v) is 0. The van der Waals surface area contributed by atoms with Crippen LogP contribution < -0.4 is 11.3 Å². The zero-order valence-electron chi connectivity index (χ0n) is 4.32. The molecule has 0 saturated carbocycles. The predicted octanol–water partition coefficient (Wildman–Crippen LogP) is -1.69. The Morgan fingerprint density at radius 3 is 1.57 bits per heavy atom. The molecule has 4 nitrogen and oxygen atoms in total. The Bertz CT molecular complexity index is 35.9. The molecule has 0 amide bonds. The van der Waals surface area contributed by atoms with Crippen molar-refractivity contribution in [2.24, 2.45) is 0 Å². The first-order valence-electron chi connectivity index (χ1n) is 0.908. The molecule has 0 radical (unpaired) electrons. The summed E-state index contributed by atoms with van der Waals surface area (Å²) >= 11 is 0. The van der Waals surface area contributed by atoms with E-state index in [1.165, 1.54) is 0 Å². The second-order valence-electron chi connectivity index (χ2n) is 0.492. The average molecular weight is 186 g/mol. The zero-order valence-corrected chi connectivity index (χ0v) is 6.77. The number of hydrogen-bond acceptors (Lipinski definition) is 2. The second-order valence-corrected chi connectivity index (χ2v) is 0.492. The van der Waals surface area contributed by atoms with Gasteiger partial charge in [-0.3, -0.25) is 0 Å². The van der Waals surface area contributed by atoms with Crippen LogP contribution in [0.3, 0.4) is 0 Å². The van der Waals surface area contributed by atoms with Crippen LogP contribution in [-0.4, -0.2) is 11.4 Å². The molecule has 6 N–H and O–H groups in total. The van der Waals surface area contributed by atoms with Crippen LogP contribution in [-0.2, 0) is 31.0 Å². The summed E-state index contributed by atoms with van der Waals surface area (Å²) in [6, 6.07) is 0. The maximum absolute atomic E-state index is 8.89. The van der Waals surface area contributed by atoms with Crippen LogP contribution in [0.5, 0.6) is 0 Å². The molecule has 5 heteroatoms. The van der Waals surface area contributed by atoms with Gasteiger partial charge < -0.3 is 21.5 Å². The quantitative estimate of drug-likeness (QED) is 0.487. The SMILES string of the molecule is CC(=O)[O-].O.[NH4+].[Zr]. The fraction of sp³-hybridized carbons (Fsp3) is 0.500. The van der Waals surface area contributed by atoms with Gasteiger partial charge in [-0.2, -0.15) is 0 Å². The maximum atomic E-state index is 8.89. The number of carbonyl (C=O) groups is 1. The van der Waals surface area contributed by atoms with E-state index in [4.69, 9.17) is 9.90 Å². The Balaban J connectivity index is -0.0000000150. The molecule has 44 valence electrons. The third-order valence-electron chi connectivity index (χ3n) is 0. The van der Waals surface area contributed by atoms with E-state index in [-0.39, 0.29) is 37.8 Å². The number of carboxylic acid groups (broad SMARTS) is 1. The Kier molecular flexibility index (Phi) is 62.1. The number of aliphatic carboxylic acids is 1. The van der Waals surface area contributed by atoms with Crippen LogP contribution in [0.2, 0.25) is 0 Å². The normalized spacial score (nSPS) is 3.57. The van der Waals surface area contributed by atoms with Crippen molar-refractivity contribution in [3.63, 3.8) is 0 Å². The van der Waals surface area contributed by atoms with Crippen LogP contribution in [0, 0.1) is 0 Å². The molecule has 0 saturated heterocycles. The van der Waals surface area contributed by atoms with Gasteiger partial charge in [-0.25, -0.2) is 0 Å². The van der Waals surface area contributed by atoms with E-state index in [2.05, 4.69) is 0 Å². The average Bonchev–Trinajstić information content (AvgIpc) is 0.811. The van der Waals surface area contributed by atoms with Gasteiger partial charge in [0.25, 0.3) is 0 Å². The Hall–Kier alpha value is 0.273. The molecule has 7 heavy (non-hydrogen) atoms. The van der Waals surface area contributed by atoms with Gasteiger partial charge in [-0.15, -0.1) is 0 Å². The molecule has 0 aromatic rings. The molecule has 0 aliphatic rings. The van der Waals surface area contributed by atoms with E-state index in [1.807, 2.05) is 0 Å². The molecule has 0 rings (SSSR count). The summed E-state index contributed by atoms with van der Waals surface area (Å²) in [5.74, 6) is -1.08. The summed E-state index contributed by atoms with van der Waals surface area (Å²) in [4.78, 5) is 8.89. The van der Waals surface area contributed by atoms with Crippen molar-refractivity contribution in [1.82, 2.24) is 6.15 Å². The maximum Gasteiger partial charge on any atom is 0.0383 e. The minimum atomic E-state index is -1.08. The van der Waals surface area contributed by atoms with E-state index < -0.39 is 5.97 Å². The predicted molar refractivity (Wildman–Crippen MR) is 20.3 cm³/mol. The minimum Gasteiger partial charge on any atom is -0.550 e. The standard InChI is InChI=1S/C2H4O2.H3N.H2O.Zr/c1-2(3)4;;;/h1H3,(H,3,4);1H3;1H2;. The molecule has 0 aromatic heterocycles. The largest absolute Gasteiger partial charge is 0.550 e. The first kappa shape index (κ1) is 26.7. The second kappa shape index (κ2) is 16.3. The van der Waals surface area contributed by atoms with Gasteiger partial charge in [-0.1, -0.05) is 0 Å². The molecule has 0 aliphatic heterocycles. The van der Waals surface area contributed by atoms with Gasteiger partial charge in [0.1, 0.15) is 0 Å². The molecule has 0 spiro atoms. The van der Waals surface area contributed by atoms with Crippen molar-refractivity contribution >= 4 is 5.97 Å². The van der Waals surface area contributed by atoms with E-state index in [0.717, 1.165) is 6.92 Å². The topological polar surface area (TPSA) is 108 Å². The third kappa shape index (κ3) is 1540. The van der Waals surface area contributed by atoms with Crippen LogP contribution in [0.1, 0.15) is 6.92 Å². The van der Waals surface area contributed by atoms with E-state index in [0.29, 0.717) is 0 Å². The van der Waals surface area contributed by atoms with Gasteiger partial charge in [0, 0.05) is 32.2 Å². The first-order valence-corrected chi connectivity index (χ1v) is 0.908. The molecular weight excluding hydrogens is 177 g/mol. The summed E-state index contributed by atoms with van der Waals surface area (Å²) in [7, 11) is 0. The van der Waals surface area contributed by atoms with Crippen LogP contribution >= 0.6 is 0 Å². The van der Waals surface area contributed by atoms with Crippen molar-refractivity contribution in [2.45, 2.75) is 6.92 Å². The Morgan fingerprint density at radius 2 is 1.57 bits per heavy atom. The monoisotopic (exact) mass is 185 g/mol. The van der Waals surface area contributed by atoms with Gasteiger partial charge in [0.2, 0.25) is 0 Å². The fourth-order valence-electron chi connectivity index (χ4n) is 0. The number of rotatable bonds is 0. The Labute approximate surface area is 60.9 Å². The van der Waals surface area contributed by atoms with E-state index in [1.54, 1.807) is 0 Å². The van der Waals surface area contributed by atoms with Crippen molar-refractivity contribution in [1.29, 1.82) is 0 Å².